The highest BCUT2D eigenvalue weighted by Crippen LogP contribution is 2.44. The fourth-order valence-corrected chi connectivity index (χ4v) is 5.96. The van der Waals surface area contributed by atoms with Gasteiger partial charge in [0.25, 0.3) is 0 Å². The minimum Gasteiger partial charge on any atom is -0.465 e. The van der Waals surface area contributed by atoms with Crippen molar-refractivity contribution >= 4 is 52.2 Å². The second kappa shape index (κ2) is 12.3. The standard InChI is InChI=1S/C31H30ClN5O4S/c1-18-14-23(19(2)36(18)21-9-7-8-20(15-21)30(39)41-4)29-28(26-10-5-6-13-33-26)35-31(42)37(29)22-11-12-25(24(32)16-22)34-27(38)17-40-3/h5-16,28-29H,17H2,1-4H3,(H,34,38)(H,35,42). The van der Waals surface area contributed by atoms with Gasteiger partial charge in [-0.15, -0.1) is 0 Å². The lowest BCUT2D eigenvalue weighted by atomic mass is 9.96. The number of nitrogens with one attached hydrogen (secondary N) is 2. The Kier molecular flexibility index (Phi) is 8.58. The van der Waals surface area contributed by atoms with Gasteiger partial charge in [-0.1, -0.05) is 23.7 Å². The van der Waals surface area contributed by atoms with Gasteiger partial charge in [-0.05, 0) is 86.2 Å². The second-order valence-corrected chi connectivity index (χ2v) is 10.6. The SMILES string of the molecule is COCC(=O)Nc1ccc(N2C(=S)NC(c3ccccn3)C2c2cc(C)n(-c3cccc(C(=O)OC)c3)c2C)cc1Cl. The first-order valence-electron chi connectivity index (χ1n) is 13.2. The number of amides is 1. The molecule has 1 aliphatic rings. The molecule has 0 saturated carbocycles. The maximum atomic E-state index is 12.3. The zero-order chi connectivity index (χ0) is 30.0. The zero-order valence-electron chi connectivity index (χ0n) is 23.6. The third-order valence-electron chi connectivity index (χ3n) is 7.19. The van der Waals surface area contributed by atoms with E-state index >= 15 is 0 Å². The van der Waals surface area contributed by atoms with Gasteiger partial charge in [0.15, 0.2) is 5.11 Å². The van der Waals surface area contributed by atoms with Gasteiger partial charge >= 0.3 is 5.97 Å². The van der Waals surface area contributed by atoms with Gasteiger partial charge in [0.2, 0.25) is 5.91 Å². The van der Waals surface area contributed by atoms with Crippen molar-refractivity contribution in [2.75, 3.05) is 31.0 Å². The average Bonchev–Trinajstić information content (AvgIpc) is 3.48. The van der Waals surface area contributed by atoms with Crippen LogP contribution < -0.4 is 15.5 Å². The fourth-order valence-electron chi connectivity index (χ4n) is 5.40. The Morgan fingerprint density at radius 2 is 1.86 bits per heavy atom. The van der Waals surface area contributed by atoms with Gasteiger partial charge in [0.05, 0.1) is 41.2 Å². The van der Waals surface area contributed by atoms with Gasteiger partial charge in [-0.2, -0.15) is 0 Å². The molecule has 42 heavy (non-hydrogen) atoms. The summed E-state index contributed by atoms with van der Waals surface area (Å²) in [6, 6.07) is 20.1. The topological polar surface area (TPSA) is 97.7 Å². The Morgan fingerprint density at radius 3 is 2.55 bits per heavy atom. The molecule has 216 valence electrons. The third kappa shape index (κ3) is 5.61. The maximum absolute atomic E-state index is 12.3. The number of hydrogen-bond acceptors (Lipinski definition) is 6. The van der Waals surface area contributed by atoms with Gasteiger partial charge in [0, 0.05) is 36.1 Å². The number of aryl methyl sites for hydroxylation is 1. The Balaban J connectivity index is 1.61. The molecule has 5 rings (SSSR count). The van der Waals surface area contributed by atoms with E-state index in [0.717, 1.165) is 34.0 Å². The van der Waals surface area contributed by atoms with Crippen LogP contribution in [0.1, 0.15) is 45.1 Å². The molecule has 11 heteroatoms. The summed E-state index contributed by atoms with van der Waals surface area (Å²) in [5, 5.41) is 7.12. The van der Waals surface area contributed by atoms with Crippen molar-refractivity contribution in [1.82, 2.24) is 14.9 Å². The number of aromatic nitrogens is 2. The molecule has 1 aliphatic heterocycles. The Hall–Kier alpha value is -4.25. The van der Waals surface area contributed by atoms with E-state index in [4.69, 9.17) is 33.3 Å². The molecule has 3 heterocycles. The molecular formula is C31H30ClN5O4S. The van der Waals surface area contributed by atoms with Gasteiger partial charge in [-0.25, -0.2) is 4.79 Å². The maximum Gasteiger partial charge on any atom is 0.337 e. The number of ether oxygens (including phenoxy) is 2. The number of esters is 1. The largest absolute Gasteiger partial charge is 0.465 e. The van der Waals surface area contributed by atoms with Crippen LogP contribution in [-0.4, -0.2) is 47.4 Å². The quantitative estimate of drug-likeness (QED) is 0.196. The van der Waals surface area contributed by atoms with Gasteiger partial charge < -0.3 is 29.6 Å². The molecule has 2 aromatic carbocycles. The number of nitrogens with zero attached hydrogens (tertiary/aromatic N) is 3. The molecule has 2 N–H and O–H groups in total. The molecule has 1 amide bonds. The molecule has 2 unspecified atom stereocenters. The minimum atomic E-state index is -0.398. The monoisotopic (exact) mass is 603 g/mol. The fraction of sp³-hybridized carbons (Fsp3) is 0.226. The molecule has 0 aliphatic carbocycles. The summed E-state index contributed by atoms with van der Waals surface area (Å²) in [6.45, 7) is 3.99. The number of rotatable bonds is 8. The third-order valence-corrected chi connectivity index (χ3v) is 7.82. The highest BCUT2D eigenvalue weighted by atomic mass is 35.5. The summed E-state index contributed by atoms with van der Waals surface area (Å²) in [4.78, 5) is 31.0. The highest BCUT2D eigenvalue weighted by Gasteiger charge is 2.42. The molecule has 0 bridgehead atoms. The van der Waals surface area contributed by atoms with Crippen molar-refractivity contribution in [1.29, 1.82) is 0 Å². The van der Waals surface area contributed by atoms with Crippen LogP contribution in [0.5, 0.6) is 0 Å². The van der Waals surface area contributed by atoms with E-state index in [9.17, 15) is 9.59 Å². The number of halogens is 1. The van der Waals surface area contributed by atoms with E-state index in [1.807, 2.05) is 61.2 Å². The molecule has 1 saturated heterocycles. The van der Waals surface area contributed by atoms with Crippen molar-refractivity contribution < 1.29 is 19.1 Å². The molecule has 2 atom stereocenters. The van der Waals surface area contributed by atoms with Crippen LogP contribution in [-0.2, 0) is 14.3 Å². The lowest BCUT2D eigenvalue weighted by molar-refractivity contribution is -0.119. The molecular weight excluding hydrogens is 574 g/mol. The van der Waals surface area contributed by atoms with Crippen molar-refractivity contribution in [2.45, 2.75) is 25.9 Å². The van der Waals surface area contributed by atoms with Crippen molar-refractivity contribution in [2.24, 2.45) is 0 Å². The van der Waals surface area contributed by atoms with E-state index in [1.165, 1.54) is 14.2 Å². The molecule has 0 radical (unpaired) electrons. The van der Waals surface area contributed by atoms with Crippen molar-refractivity contribution in [3.05, 3.63) is 106 Å². The second-order valence-electron chi connectivity index (χ2n) is 9.85. The normalized spacial score (nSPS) is 16.3. The van der Waals surface area contributed by atoms with Crippen LogP contribution >= 0.6 is 23.8 Å². The summed E-state index contributed by atoms with van der Waals surface area (Å²) >= 11 is 12.5. The summed E-state index contributed by atoms with van der Waals surface area (Å²) < 4.78 is 12.0. The Bertz CT molecular complexity index is 1660. The first kappa shape index (κ1) is 29.2. The van der Waals surface area contributed by atoms with Crippen LogP contribution in [0, 0.1) is 13.8 Å². The smallest absolute Gasteiger partial charge is 0.337 e. The van der Waals surface area contributed by atoms with E-state index in [0.29, 0.717) is 21.4 Å². The van der Waals surface area contributed by atoms with Crippen LogP contribution in [0.4, 0.5) is 11.4 Å². The summed E-state index contributed by atoms with van der Waals surface area (Å²) in [5.41, 5.74) is 6.35. The Labute approximate surface area is 254 Å². The van der Waals surface area contributed by atoms with E-state index in [-0.39, 0.29) is 24.6 Å². The highest BCUT2D eigenvalue weighted by molar-refractivity contribution is 7.80. The summed E-state index contributed by atoms with van der Waals surface area (Å²) in [7, 11) is 2.82. The van der Waals surface area contributed by atoms with Crippen molar-refractivity contribution in [3.8, 4) is 5.69 Å². The average molecular weight is 604 g/mol. The molecule has 2 aromatic heterocycles. The van der Waals surface area contributed by atoms with Crippen LogP contribution in [0.15, 0.2) is 72.9 Å². The summed E-state index contributed by atoms with van der Waals surface area (Å²) in [5.74, 6) is -0.702. The van der Waals surface area contributed by atoms with Crippen LogP contribution in [0.2, 0.25) is 5.02 Å². The number of carbonyl (C=O) groups is 2. The number of carbonyl (C=O) groups excluding carboxylic acids is 2. The first-order valence-corrected chi connectivity index (χ1v) is 14.0. The number of thiocarbonyl (C=S) groups is 1. The number of benzene rings is 2. The number of pyridine rings is 1. The lowest BCUT2D eigenvalue weighted by Crippen LogP contribution is -2.29. The predicted molar refractivity (Wildman–Crippen MR) is 166 cm³/mol. The Morgan fingerprint density at radius 1 is 1.05 bits per heavy atom. The molecule has 4 aromatic rings. The molecule has 0 spiro atoms. The number of methoxy groups -OCH3 is 2. The van der Waals surface area contributed by atoms with E-state index in [2.05, 4.69) is 26.3 Å². The summed E-state index contributed by atoms with van der Waals surface area (Å²) in [6.07, 6.45) is 1.76. The first-order chi connectivity index (χ1) is 20.2. The predicted octanol–water partition coefficient (Wildman–Crippen LogP) is 5.69. The van der Waals surface area contributed by atoms with Crippen molar-refractivity contribution in [3.63, 3.8) is 0 Å². The van der Waals surface area contributed by atoms with Crippen LogP contribution in [0.25, 0.3) is 5.69 Å². The zero-order valence-corrected chi connectivity index (χ0v) is 25.1. The van der Waals surface area contributed by atoms with E-state index in [1.54, 1.807) is 24.4 Å². The molecule has 9 nitrogen and oxygen atoms in total. The molecule has 1 fully saturated rings. The lowest BCUT2D eigenvalue weighted by Gasteiger charge is -2.28. The number of hydrogen-bond donors (Lipinski definition) is 2. The minimum absolute atomic E-state index is 0.0792. The van der Waals surface area contributed by atoms with E-state index < -0.39 is 5.97 Å². The van der Waals surface area contributed by atoms with Gasteiger partial charge in [-0.3, -0.25) is 9.78 Å². The number of anilines is 2. The van der Waals surface area contributed by atoms with Gasteiger partial charge in [0.1, 0.15) is 6.61 Å². The van der Waals surface area contributed by atoms with Crippen LogP contribution in [0.3, 0.4) is 0 Å².